The number of carbonyl (C=O) groups excluding carboxylic acids is 2. The summed E-state index contributed by atoms with van der Waals surface area (Å²) in [5, 5.41) is 12.1. The summed E-state index contributed by atoms with van der Waals surface area (Å²) in [5.41, 5.74) is 5.31. The number of fused-ring (bicyclic) bond motifs is 3. The number of carbonyl (C=O) groups is 2. The van der Waals surface area contributed by atoms with Crippen molar-refractivity contribution in [1.82, 2.24) is 5.32 Å². The van der Waals surface area contributed by atoms with Crippen molar-refractivity contribution in [3.63, 3.8) is 0 Å². The van der Waals surface area contributed by atoms with Crippen molar-refractivity contribution in [1.29, 1.82) is 0 Å². The number of hydrogen-bond donors (Lipinski definition) is 2. The van der Waals surface area contributed by atoms with Gasteiger partial charge in [0.15, 0.2) is 0 Å². The summed E-state index contributed by atoms with van der Waals surface area (Å²) in [6.07, 6.45) is -0.452. The second-order valence-electron chi connectivity index (χ2n) is 7.65. The van der Waals surface area contributed by atoms with E-state index in [0.717, 1.165) is 27.8 Å². The molecule has 164 valence electrons. The van der Waals surface area contributed by atoms with E-state index < -0.39 is 18.1 Å². The fourth-order valence-electron chi connectivity index (χ4n) is 4.09. The van der Waals surface area contributed by atoms with Gasteiger partial charge in [-0.1, -0.05) is 60.7 Å². The number of aromatic hydroxyl groups is 1. The molecule has 0 saturated carbocycles. The first-order valence-electron chi connectivity index (χ1n) is 10.6. The molecule has 0 aromatic heterocycles. The minimum Gasteiger partial charge on any atom is -0.508 e. The van der Waals surface area contributed by atoms with Crippen LogP contribution in [0.25, 0.3) is 11.1 Å². The molecule has 0 saturated heterocycles. The monoisotopic (exact) mass is 431 g/mol. The molecule has 1 amide bonds. The summed E-state index contributed by atoms with van der Waals surface area (Å²) in [6.45, 7) is 2.08. The van der Waals surface area contributed by atoms with Crippen LogP contribution < -0.4 is 5.32 Å². The highest BCUT2D eigenvalue weighted by atomic mass is 16.6. The summed E-state index contributed by atoms with van der Waals surface area (Å²) in [4.78, 5) is 25.0. The van der Waals surface area contributed by atoms with Crippen molar-refractivity contribution in [2.24, 2.45) is 0 Å². The van der Waals surface area contributed by atoms with Crippen LogP contribution in [0.4, 0.5) is 4.79 Å². The Hall–Kier alpha value is -3.80. The fourth-order valence-corrected chi connectivity index (χ4v) is 4.09. The van der Waals surface area contributed by atoms with Gasteiger partial charge in [0.1, 0.15) is 18.4 Å². The van der Waals surface area contributed by atoms with Crippen LogP contribution in [0.15, 0.2) is 72.8 Å². The van der Waals surface area contributed by atoms with Crippen LogP contribution in [-0.4, -0.2) is 36.4 Å². The molecule has 3 aromatic carbocycles. The van der Waals surface area contributed by atoms with Crippen molar-refractivity contribution in [3.8, 4) is 16.9 Å². The number of benzene rings is 3. The highest BCUT2D eigenvalue weighted by Gasteiger charge is 2.30. The van der Waals surface area contributed by atoms with Crippen LogP contribution in [0.2, 0.25) is 0 Å². The van der Waals surface area contributed by atoms with Crippen molar-refractivity contribution in [3.05, 3.63) is 89.5 Å². The molecule has 1 atom stereocenters. The Morgan fingerprint density at radius 3 is 2.09 bits per heavy atom. The molecule has 2 N–H and O–H groups in total. The summed E-state index contributed by atoms with van der Waals surface area (Å²) in [5.74, 6) is -0.466. The zero-order chi connectivity index (χ0) is 22.5. The first kappa shape index (κ1) is 21.4. The van der Waals surface area contributed by atoms with Crippen LogP contribution in [0, 0.1) is 0 Å². The summed E-state index contributed by atoms with van der Waals surface area (Å²) in [7, 11) is 0. The lowest BCUT2D eigenvalue weighted by Gasteiger charge is -2.19. The Morgan fingerprint density at radius 1 is 0.906 bits per heavy atom. The number of rotatable bonds is 7. The Kier molecular flexibility index (Phi) is 6.40. The number of phenols is 1. The molecule has 0 radical (unpaired) electrons. The van der Waals surface area contributed by atoms with Crippen molar-refractivity contribution < 1.29 is 24.2 Å². The Morgan fingerprint density at radius 2 is 1.50 bits per heavy atom. The van der Waals surface area contributed by atoms with Crippen LogP contribution in [-0.2, 0) is 20.7 Å². The first-order valence-corrected chi connectivity index (χ1v) is 10.6. The van der Waals surface area contributed by atoms with Gasteiger partial charge >= 0.3 is 12.1 Å². The number of alkyl carbamates (subject to hydrolysis) is 1. The average molecular weight is 431 g/mol. The molecule has 1 aliphatic rings. The van der Waals surface area contributed by atoms with E-state index in [1.165, 1.54) is 12.1 Å². The number of phenolic OH excluding ortho intramolecular Hbond substituents is 1. The molecule has 4 rings (SSSR count). The van der Waals surface area contributed by atoms with Gasteiger partial charge in [-0.05, 0) is 46.9 Å². The van der Waals surface area contributed by atoms with Gasteiger partial charge in [0, 0.05) is 12.3 Å². The zero-order valence-electron chi connectivity index (χ0n) is 17.8. The maximum atomic E-state index is 12.6. The highest BCUT2D eigenvalue weighted by molar-refractivity contribution is 5.82. The van der Waals surface area contributed by atoms with Gasteiger partial charge in [0.2, 0.25) is 0 Å². The molecule has 32 heavy (non-hydrogen) atoms. The molecule has 6 heteroatoms. The predicted molar refractivity (Wildman–Crippen MR) is 120 cm³/mol. The molecule has 0 aliphatic heterocycles. The van der Waals surface area contributed by atoms with Gasteiger partial charge in [-0.15, -0.1) is 0 Å². The number of nitrogens with one attached hydrogen (secondary N) is 1. The third-order valence-electron chi connectivity index (χ3n) is 5.58. The Labute approximate surface area is 186 Å². The molecule has 1 aliphatic carbocycles. The van der Waals surface area contributed by atoms with Gasteiger partial charge in [0.25, 0.3) is 0 Å². The third-order valence-corrected chi connectivity index (χ3v) is 5.58. The topological polar surface area (TPSA) is 84.9 Å². The smallest absolute Gasteiger partial charge is 0.407 e. The molecular weight excluding hydrogens is 406 g/mol. The third kappa shape index (κ3) is 4.59. The minimum atomic E-state index is -0.893. The second kappa shape index (κ2) is 9.56. The second-order valence-corrected chi connectivity index (χ2v) is 7.65. The summed E-state index contributed by atoms with van der Waals surface area (Å²) >= 11 is 0. The lowest BCUT2D eigenvalue weighted by molar-refractivity contribution is -0.145. The van der Waals surface area contributed by atoms with Crippen molar-refractivity contribution in [2.45, 2.75) is 25.3 Å². The van der Waals surface area contributed by atoms with E-state index >= 15 is 0 Å². The van der Waals surface area contributed by atoms with Crippen LogP contribution in [0.3, 0.4) is 0 Å². The first-order chi connectivity index (χ1) is 15.6. The number of esters is 1. The van der Waals surface area contributed by atoms with E-state index in [1.807, 2.05) is 36.4 Å². The highest BCUT2D eigenvalue weighted by Crippen LogP contribution is 2.44. The van der Waals surface area contributed by atoms with Gasteiger partial charge in [0.05, 0.1) is 6.61 Å². The van der Waals surface area contributed by atoms with Crippen LogP contribution in [0.5, 0.6) is 5.75 Å². The van der Waals surface area contributed by atoms with Crippen molar-refractivity contribution >= 4 is 12.1 Å². The summed E-state index contributed by atoms with van der Waals surface area (Å²) in [6, 6.07) is 21.8. The predicted octanol–water partition coefficient (Wildman–Crippen LogP) is 4.41. The van der Waals surface area contributed by atoms with E-state index in [1.54, 1.807) is 19.1 Å². The number of hydrogen-bond acceptors (Lipinski definition) is 5. The average Bonchev–Trinajstić information content (AvgIpc) is 3.12. The number of amides is 1. The lowest BCUT2D eigenvalue weighted by atomic mass is 9.98. The lowest BCUT2D eigenvalue weighted by Crippen LogP contribution is -2.44. The molecular formula is C26H25NO5. The molecule has 0 heterocycles. The van der Waals surface area contributed by atoms with E-state index in [-0.39, 0.29) is 31.3 Å². The van der Waals surface area contributed by atoms with Gasteiger partial charge in [-0.3, -0.25) is 0 Å². The maximum absolute atomic E-state index is 12.6. The molecule has 1 unspecified atom stereocenters. The van der Waals surface area contributed by atoms with Crippen molar-refractivity contribution in [2.75, 3.05) is 13.2 Å². The molecule has 3 aromatic rings. The van der Waals surface area contributed by atoms with E-state index in [2.05, 4.69) is 17.4 Å². The SMILES string of the molecule is CCOC(=O)C(Cc1ccc(O)cc1)NC(=O)OCC1c2ccccc2-c2ccccc21. The minimum absolute atomic E-state index is 0.0636. The van der Waals surface area contributed by atoms with Crippen LogP contribution >= 0.6 is 0 Å². The Bertz CT molecular complexity index is 1060. The summed E-state index contributed by atoms with van der Waals surface area (Å²) < 4.78 is 10.7. The van der Waals surface area contributed by atoms with Gasteiger partial charge in [-0.2, -0.15) is 0 Å². The molecule has 0 bridgehead atoms. The van der Waals surface area contributed by atoms with E-state index in [0.29, 0.717) is 0 Å². The number of ether oxygens (including phenoxy) is 2. The zero-order valence-corrected chi connectivity index (χ0v) is 17.8. The van der Waals surface area contributed by atoms with Gasteiger partial charge in [-0.25, -0.2) is 9.59 Å². The molecule has 0 fully saturated rings. The molecule has 6 nitrogen and oxygen atoms in total. The Balaban J connectivity index is 1.44. The molecule has 0 spiro atoms. The largest absolute Gasteiger partial charge is 0.508 e. The van der Waals surface area contributed by atoms with E-state index in [9.17, 15) is 14.7 Å². The standard InChI is InChI=1S/C26H25NO5/c1-2-31-25(29)24(15-17-11-13-18(28)14-12-17)27-26(30)32-16-23-21-9-5-3-7-19(21)20-8-4-6-10-22(20)23/h3-14,23-24,28H,2,15-16H2,1H3,(H,27,30). The normalized spacial score (nSPS) is 13.0. The maximum Gasteiger partial charge on any atom is 0.407 e. The van der Waals surface area contributed by atoms with Crippen LogP contribution in [0.1, 0.15) is 29.5 Å². The van der Waals surface area contributed by atoms with E-state index in [4.69, 9.17) is 9.47 Å². The fraction of sp³-hybridized carbons (Fsp3) is 0.231. The van der Waals surface area contributed by atoms with Gasteiger partial charge < -0.3 is 19.9 Å². The quantitative estimate of drug-likeness (QED) is 0.542.